The molecular weight excluding hydrogens is 169 g/mol. The third-order valence-electron chi connectivity index (χ3n) is 2.72. The van der Waals surface area contributed by atoms with Crippen molar-refractivity contribution in [2.45, 2.75) is 19.3 Å². The fraction of sp³-hybridized carbons (Fsp3) is 1.00. The van der Waals surface area contributed by atoms with Crippen LogP contribution in [0, 0.1) is 5.92 Å². The minimum absolute atomic E-state index is 0. The second-order valence-electron chi connectivity index (χ2n) is 3.23. The van der Waals surface area contributed by atoms with Crippen molar-refractivity contribution in [2.75, 3.05) is 19.6 Å². The van der Waals surface area contributed by atoms with Crippen molar-refractivity contribution in [3.8, 4) is 0 Å². The Morgan fingerprint density at radius 1 is 0.800 bits per heavy atom. The monoisotopic (exact) mass is 182 g/mol. The van der Waals surface area contributed by atoms with Gasteiger partial charge in [0.2, 0.25) is 0 Å². The van der Waals surface area contributed by atoms with Gasteiger partial charge in [0.15, 0.2) is 0 Å². The van der Waals surface area contributed by atoms with E-state index in [9.17, 15) is 0 Å². The zero-order valence-corrected chi connectivity index (χ0v) is 7.59. The van der Waals surface area contributed by atoms with Crippen LogP contribution in [0.3, 0.4) is 0 Å². The Balaban J connectivity index is 0.000000405. The lowest BCUT2D eigenvalue weighted by Gasteiger charge is -2.35. The molecule has 1 N–H and O–H groups in total. The SMILES string of the molecule is C1C[NH+]2CCC1CC2.[Cl-].[Cl-]. The Kier molecular flexibility index (Phi) is 4.66. The molecular formula is C7H14Cl2N-. The molecule has 62 valence electrons. The molecule has 0 spiro atoms. The number of hydrogen-bond acceptors (Lipinski definition) is 0. The predicted octanol–water partition coefficient (Wildman–Crippen LogP) is -6.31. The van der Waals surface area contributed by atoms with Crippen LogP contribution >= 0.6 is 0 Å². The lowest BCUT2D eigenvalue weighted by molar-refractivity contribution is -0.916. The highest BCUT2D eigenvalue weighted by Crippen LogP contribution is 2.16. The highest BCUT2D eigenvalue weighted by Gasteiger charge is 2.27. The van der Waals surface area contributed by atoms with E-state index in [1.54, 1.807) is 0 Å². The number of fused-ring (bicyclic) bond motifs is 3. The molecule has 0 saturated carbocycles. The van der Waals surface area contributed by atoms with Crippen molar-refractivity contribution in [2.24, 2.45) is 5.92 Å². The van der Waals surface area contributed by atoms with E-state index in [1.807, 2.05) is 4.90 Å². The summed E-state index contributed by atoms with van der Waals surface area (Å²) in [5.41, 5.74) is 0. The molecule has 3 aliphatic rings. The van der Waals surface area contributed by atoms with E-state index in [-0.39, 0.29) is 24.8 Å². The number of rotatable bonds is 0. The molecule has 0 radical (unpaired) electrons. The molecule has 3 heterocycles. The van der Waals surface area contributed by atoms with Gasteiger partial charge in [-0.3, -0.25) is 0 Å². The summed E-state index contributed by atoms with van der Waals surface area (Å²) in [5, 5.41) is 0. The summed E-state index contributed by atoms with van der Waals surface area (Å²) in [4.78, 5) is 1.87. The second-order valence-corrected chi connectivity index (χ2v) is 3.23. The molecule has 0 aromatic rings. The molecule has 0 aromatic heterocycles. The van der Waals surface area contributed by atoms with Crippen molar-refractivity contribution in [3.05, 3.63) is 0 Å². The third-order valence-corrected chi connectivity index (χ3v) is 2.72. The Bertz CT molecular complexity index is 66.6. The van der Waals surface area contributed by atoms with E-state index < -0.39 is 0 Å². The normalized spacial score (nSPS) is 36.0. The fourth-order valence-electron chi connectivity index (χ4n) is 2.03. The van der Waals surface area contributed by atoms with E-state index in [2.05, 4.69) is 0 Å². The topological polar surface area (TPSA) is 4.44 Å². The van der Waals surface area contributed by atoms with E-state index in [4.69, 9.17) is 0 Å². The Hall–Kier alpha value is 0.540. The van der Waals surface area contributed by atoms with E-state index in [0.717, 1.165) is 5.92 Å². The summed E-state index contributed by atoms with van der Waals surface area (Å²) < 4.78 is 0. The quantitative estimate of drug-likeness (QED) is 0.381. The Labute approximate surface area is 75.0 Å². The summed E-state index contributed by atoms with van der Waals surface area (Å²) in [6, 6.07) is 0. The molecule has 3 heteroatoms. The molecule has 0 aliphatic carbocycles. The lowest BCUT2D eigenvalue weighted by Crippen LogP contribution is -3.14. The van der Waals surface area contributed by atoms with Crippen LogP contribution in [0.1, 0.15) is 19.3 Å². The molecule has 3 fully saturated rings. The highest BCUT2D eigenvalue weighted by atomic mass is 35.5. The number of nitrogens with one attached hydrogen (secondary N) is 1. The van der Waals surface area contributed by atoms with Gasteiger partial charge < -0.3 is 29.7 Å². The first-order chi connectivity index (χ1) is 3.95. The van der Waals surface area contributed by atoms with Crippen LogP contribution in [-0.2, 0) is 0 Å². The maximum atomic E-state index is 1.87. The molecule has 3 saturated heterocycles. The number of halogens is 2. The summed E-state index contributed by atoms with van der Waals surface area (Å²) in [7, 11) is 0. The molecule has 2 bridgehead atoms. The van der Waals surface area contributed by atoms with Crippen LogP contribution in [0.4, 0.5) is 0 Å². The van der Waals surface area contributed by atoms with Crippen molar-refractivity contribution >= 4 is 0 Å². The summed E-state index contributed by atoms with van der Waals surface area (Å²) in [5.74, 6) is 1.13. The maximum absolute atomic E-state index is 1.87. The average Bonchev–Trinajstić information content (AvgIpc) is 1.92. The van der Waals surface area contributed by atoms with Gasteiger partial charge in [0.25, 0.3) is 0 Å². The smallest absolute Gasteiger partial charge is 0.0773 e. The maximum Gasteiger partial charge on any atom is 0.0773 e. The second kappa shape index (κ2) is 4.42. The molecule has 0 amide bonds. The fourth-order valence-corrected chi connectivity index (χ4v) is 2.03. The van der Waals surface area contributed by atoms with E-state index >= 15 is 0 Å². The van der Waals surface area contributed by atoms with Crippen molar-refractivity contribution in [1.82, 2.24) is 0 Å². The van der Waals surface area contributed by atoms with Crippen molar-refractivity contribution in [1.29, 1.82) is 0 Å². The average molecular weight is 183 g/mol. The van der Waals surface area contributed by atoms with Crippen LogP contribution in [0.15, 0.2) is 0 Å². The standard InChI is InChI=1S/C7H13N.2ClH/c1-4-8-5-2-7(1)3-6-8;;/h7H,1-6H2;2*1H/p-1. The molecule has 0 unspecified atom stereocenters. The van der Waals surface area contributed by atoms with Crippen molar-refractivity contribution < 1.29 is 29.7 Å². The van der Waals surface area contributed by atoms with Gasteiger partial charge in [0.1, 0.15) is 0 Å². The van der Waals surface area contributed by atoms with E-state index in [1.165, 1.54) is 38.9 Å². The Morgan fingerprint density at radius 3 is 1.30 bits per heavy atom. The summed E-state index contributed by atoms with van der Waals surface area (Å²) in [6.45, 7) is 4.43. The van der Waals surface area contributed by atoms with Gasteiger partial charge >= 0.3 is 0 Å². The van der Waals surface area contributed by atoms with Gasteiger partial charge in [-0.15, -0.1) is 0 Å². The van der Waals surface area contributed by atoms with Gasteiger partial charge in [-0.1, -0.05) is 0 Å². The molecule has 1 nitrogen and oxygen atoms in total. The molecule has 3 rings (SSSR count). The van der Waals surface area contributed by atoms with Gasteiger partial charge in [0, 0.05) is 0 Å². The zero-order valence-electron chi connectivity index (χ0n) is 6.08. The third kappa shape index (κ3) is 2.01. The lowest BCUT2D eigenvalue weighted by atomic mass is 9.89. The Morgan fingerprint density at radius 2 is 1.20 bits per heavy atom. The minimum Gasteiger partial charge on any atom is -1.00 e. The van der Waals surface area contributed by atoms with Crippen LogP contribution in [0.5, 0.6) is 0 Å². The van der Waals surface area contributed by atoms with Gasteiger partial charge in [-0.05, 0) is 25.2 Å². The summed E-state index contributed by atoms with van der Waals surface area (Å²) >= 11 is 0. The number of hydrogen-bond donors (Lipinski definition) is 1. The van der Waals surface area contributed by atoms with Crippen molar-refractivity contribution in [3.63, 3.8) is 0 Å². The predicted molar refractivity (Wildman–Crippen MR) is 32.9 cm³/mol. The van der Waals surface area contributed by atoms with Crippen LogP contribution < -0.4 is 29.7 Å². The van der Waals surface area contributed by atoms with Gasteiger partial charge in [-0.25, -0.2) is 0 Å². The molecule has 3 aliphatic heterocycles. The first-order valence-electron chi connectivity index (χ1n) is 3.79. The van der Waals surface area contributed by atoms with Gasteiger partial charge in [-0.2, -0.15) is 0 Å². The molecule has 10 heavy (non-hydrogen) atoms. The highest BCUT2D eigenvalue weighted by molar-refractivity contribution is 4.66. The van der Waals surface area contributed by atoms with Crippen LogP contribution in [0.25, 0.3) is 0 Å². The van der Waals surface area contributed by atoms with E-state index in [0.29, 0.717) is 0 Å². The van der Waals surface area contributed by atoms with Gasteiger partial charge in [0.05, 0.1) is 19.6 Å². The number of piperidine rings is 3. The first kappa shape index (κ1) is 10.5. The molecule has 0 aromatic carbocycles. The molecule has 0 atom stereocenters. The van der Waals surface area contributed by atoms with Crippen LogP contribution in [0.2, 0.25) is 0 Å². The number of quaternary nitrogens is 1. The summed E-state index contributed by atoms with van der Waals surface area (Å²) in [6.07, 6.45) is 4.57. The zero-order chi connectivity index (χ0) is 5.40. The minimum atomic E-state index is 0. The first-order valence-corrected chi connectivity index (χ1v) is 3.79. The van der Waals surface area contributed by atoms with Crippen LogP contribution in [-0.4, -0.2) is 19.6 Å². The largest absolute Gasteiger partial charge is 1.00 e.